The molecule has 2 amide bonds. The number of ether oxygens (including phenoxy) is 2. The third-order valence-electron chi connectivity index (χ3n) is 2.81. The third kappa shape index (κ3) is 3.45. The summed E-state index contributed by atoms with van der Waals surface area (Å²) in [6.07, 6.45) is -0.624. The van der Waals surface area contributed by atoms with Crippen molar-refractivity contribution in [2.24, 2.45) is 0 Å². The largest absolute Gasteiger partial charge is 0.443 e. The maximum Gasteiger partial charge on any atom is 0.428 e. The smallest absolute Gasteiger partial charge is 0.428 e. The second-order valence-electron chi connectivity index (χ2n) is 4.56. The lowest BCUT2D eigenvalue weighted by Crippen LogP contribution is -2.48. The van der Waals surface area contributed by atoms with E-state index in [0.717, 1.165) is 10.6 Å². The van der Waals surface area contributed by atoms with Gasteiger partial charge in [0.25, 0.3) is 5.91 Å². The molecule has 1 aromatic rings. The molecule has 1 atom stereocenters. The summed E-state index contributed by atoms with van der Waals surface area (Å²) in [5, 5.41) is 1.01. The van der Waals surface area contributed by atoms with Crippen LogP contribution >= 0.6 is 0 Å². The van der Waals surface area contributed by atoms with Crippen LogP contribution in [-0.2, 0) is 20.9 Å². The van der Waals surface area contributed by atoms with Crippen molar-refractivity contribution in [3.8, 4) is 0 Å². The Kier molecular flexibility index (Phi) is 3.71. The molecule has 2 rings (SSSR count). The molecule has 19 heavy (non-hydrogen) atoms. The van der Waals surface area contributed by atoms with Gasteiger partial charge in [-0.1, -0.05) is 30.3 Å². The summed E-state index contributed by atoms with van der Waals surface area (Å²) in [6.45, 7) is 2.19. The molecule has 102 valence electrons. The molecule has 6 nitrogen and oxygen atoms in total. The molecule has 0 radical (unpaired) electrons. The molecule has 0 spiro atoms. The fourth-order valence-electron chi connectivity index (χ4n) is 1.37. The van der Waals surface area contributed by atoms with Gasteiger partial charge in [0.1, 0.15) is 6.61 Å². The summed E-state index contributed by atoms with van der Waals surface area (Å²) in [6, 6.07) is 9.31. The molecule has 0 saturated carbocycles. The summed E-state index contributed by atoms with van der Waals surface area (Å²) in [4.78, 5) is 23.3. The Morgan fingerprint density at radius 3 is 2.63 bits per heavy atom. The van der Waals surface area contributed by atoms with Crippen molar-refractivity contribution in [2.45, 2.75) is 19.1 Å². The Hall–Kier alpha value is -2.08. The van der Waals surface area contributed by atoms with E-state index in [1.807, 2.05) is 30.3 Å². The Labute approximate surface area is 111 Å². The molecule has 0 aromatic heterocycles. The minimum absolute atomic E-state index is 0.160. The predicted molar refractivity (Wildman–Crippen MR) is 66.9 cm³/mol. The highest BCUT2D eigenvalue weighted by Gasteiger charge is 2.48. The number of rotatable bonds is 3. The van der Waals surface area contributed by atoms with E-state index in [4.69, 9.17) is 9.47 Å². The maximum atomic E-state index is 11.6. The number of hydrogen-bond donors (Lipinski definition) is 1. The summed E-state index contributed by atoms with van der Waals surface area (Å²) in [5.41, 5.74) is 2.48. The Balaban J connectivity index is 1.78. The summed E-state index contributed by atoms with van der Waals surface area (Å²) in [5.74, 6) is -0.355. The van der Waals surface area contributed by atoms with Gasteiger partial charge in [-0.2, -0.15) is 0 Å². The van der Waals surface area contributed by atoms with Gasteiger partial charge in [-0.25, -0.2) is 9.80 Å². The monoisotopic (exact) mass is 264 g/mol. The number of hydrogen-bond acceptors (Lipinski definition) is 4. The fraction of sp³-hybridized carbons (Fsp3) is 0.385. The van der Waals surface area contributed by atoms with E-state index in [9.17, 15) is 9.59 Å². The van der Waals surface area contributed by atoms with Crippen LogP contribution in [0.2, 0.25) is 0 Å². The maximum absolute atomic E-state index is 11.6. The molecule has 1 N–H and O–H groups in total. The zero-order valence-electron chi connectivity index (χ0n) is 10.9. The Morgan fingerprint density at radius 1 is 1.42 bits per heavy atom. The summed E-state index contributed by atoms with van der Waals surface area (Å²) < 4.78 is 10.0. The first kappa shape index (κ1) is 13.4. The van der Waals surface area contributed by atoms with Crippen molar-refractivity contribution in [3.63, 3.8) is 0 Å². The molecule has 0 bridgehead atoms. The van der Waals surface area contributed by atoms with Crippen molar-refractivity contribution in [1.82, 2.24) is 10.4 Å². The molecule has 0 aliphatic carbocycles. The SMILES string of the molecule is CN(NC(=O)C1(C)CO1)C(=O)OCc1ccccc1. The van der Waals surface area contributed by atoms with Crippen molar-refractivity contribution in [3.05, 3.63) is 35.9 Å². The van der Waals surface area contributed by atoms with Gasteiger partial charge in [0.15, 0.2) is 5.60 Å². The standard InChI is InChI=1S/C13H16N2O4/c1-13(9-19-13)11(16)14-15(2)12(17)18-8-10-6-4-3-5-7-10/h3-7H,8-9H2,1-2H3,(H,14,16). The van der Waals surface area contributed by atoms with Gasteiger partial charge in [-0.15, -0.1) is 0 Å². The lowest BCUT2D eigenvalue weighted by molar-refractivity contribution is -0.129. The third-order valence-corrected chi connectivity index (χ3v) is 2.81. The molecule has 1 fully saturated rings. The lowest BCUT2D eigenvalue weighted by atomic mass is 10.2. The van der Waals surface area contributed by atoms with E-state index >= 15 is 0 Å². The molecule has 1 aromatic carbocycles. The lowest BCUT2D eigenvalue weighted by Gasteiger charge is -2.19. The van der Waals surface area contributed by atoms with E-state index in [2.05, 4.69) is 5.43 Å². The second kappa shape index (κ2) is 5.27. The highest BCUT2D eigenvalue weighted by atomic mass is 16.6. The van der Waals surface area contributed by atoms with Gasteiger partial charge in [-0.05, 0) is 12.5 Å². The number of carbonyl (C=O) groups is 2. The quantitative estimate of drug-likeness (QED) is 0.655. The van der Waals surface area contributed by atoms with Gasteiger partial charge in [0, 0.05) is 7.05 Å². The predicted octanol–water partition coefficient (Wildman–Crippen LogP) is 1.08. The summed E-state index contributed by atoms with van der Waals surface area (Å²) >= 11 is 0. The Bertz CT molecular complexity index is 471. The fourth-order valence-corrected chi connectivity index (χ4v) is 1.37. The van der Waals surface area contributed by atoms with Gasteiger partial charge < -0.3 is 9.47 Å². The first-order chi connectivity index (χ1) is 9.01. The topological polar surface area (TPSA) is 71.2 Å². The van der Waals surface area contributed by atoms with Crippen LogP contribution in [0, 0.1) is 0 Å². The molecule has 6 heteroatoms. The van der Waals surface area contributed by atoms with Crippen molar-refractivity contribution in [1.29, 1.82) is 0 Å². The number of nitrogens with zero attached hydrogens (tertiary/aromatic N) is 1. The van der Waals surface area contributed by atoms with Gasteiger partial charge in [0.05, 0.1) is 6.61 Å². The normalized spacial score (nSPS) is 20.5. The van der Waals surface area contributed by atoms with Crippen LogP contribution in [-0.4, -0.2) is 36.3 Å². The number of amides is 2. The van der Waals surface area contributed by atoms with Crippen LogP contribution < -0.4 is 5.43 Å². The van der Waals surface area contributed by atoms with E-state index in [-0.39, 0.29) is 12.5 Å². The van der Waals surface area contributed by atoms with Crippen molar-refractivity contribution in [2.75, 3.05) is 13.7 Å². The number of benzene rings is 1. The zero-order chi connectivity index (χ0) is 13.9. The molecule has 1 aliphatic rings. The molecule has 1 aliphatic heterocycles. The molecule has 1 saturated heterocycles. The minimum atomic E-state index is -0.812. The zero-order valence-corrected chi connectivity index (χ0v) is 10.9. The first-order valence-corrected chi connectivity index (χ1v) is 5.91. The number of nitrogens with one attached hydrogen (secondary N) is 1. The number of epoxide rings is 1. The van der Waals surface area contributed by atoms with Crippen LogP contribution in [0.4, 0.5) is 4.79 Å². The summed E-state index contributed by atoms with van der Waals surface area (Å²) in [7, 11) is 1.43. The number of hydrazine groups is 1. The van der Waals surface area contributed by atoms with Gasteiger partial charge >= 0.3 is 6.09 Å². The van der Waals surface area contributed by atoms with E-state index in [1.54, 1.807) is 6.92 Å². The molecular formula is C13H16N2O4. The van der Waals surface area contributed by atoms with Crippen LogP contribution in [0.15, 0.2) is 30.3 Å². The minimum Gasteiger partial charge on any atom is -0.443 e. The van der Waals surface area contributed by atoms with E-state index in [1.165, 1.54) is 7.05 Å². The molecule has 1 unspecified atom stereocenters. The average molecular weight is 264 g/mol. The van der Waals surface area contributed by atoms with Gasteiger partial charge in [-0.3, -0.25) is 10.2 Å². The highest BCUT2D eigenvalue weighted by molar-refractivity contribution is 5.88. The van der Waals surface area contributed by atoms with Crippen LogP contribution in [0.1, 0.15) is 12.5 Å². The first-order valence-electron chi connectivity index (χ1n) is 5.91. The molecular weight excluding hydrogens is 248 g/mol. The van der Waals surface area contributed by atoms with Crippen molar-refractivity contribution >= 4 is 12.0 Å². The number of carbonyl (C=O) groups excluding carboxylic acids is 2. The van der Waals surface area contributed by atoms with Crippen molar-refractivity contribution < 1.29 is 19.1 Å². The van der Waals surface area contributed by atoms with E-state index in [0.29, 0.717) is 6.61 Å². The van der Waals surface area contributed by atoms with Crippen LogP contribution in [0.25, 0.3) is 0 Å². The molecule has 1 heterocycles. The van der Waals surface area contributed by atoms with Gasteiger partial charge in [0.2, 0.25) is 0 Å². The van der Waals surface area contributed by atoms with E-state index < -0.39 is 11.7 Å². The average Bonchev–Trinajstić information content (AvgIpc) is 3.16. The second-order valence-corrected chi connectivity index (χ2v) is 4.56. The van der Waals surface area contributed by atoms with Crippen LogP contribution in [0.5, 0.6) is 0 Å². The van der Waals surface area contributed by atoms with Crippen LogP contribution in [0.3, 0.4) is 0 Å². The highest BCUT2D eigenvalue weighted by Crippen LogP contribution is 2.25. The Morgan fingerprint density at radius 2 is 2.05 bits per heavy atom.